The van der Waals surface area contributed by atoms with Crippen molar-refractivity contribution >= 4 is 17.7 Å². The third-order valence-corrected chi connectivity index (χ3v) is 6.18. The Kier molecular flexibility index (Phi) is 4.02. The zero-order valence-electron chi connectivity index (χ0n) is 13.1. The van der Waals surface area contributed by atoms with Crippen LogP contribution in [0.3, 0.4) is 0 Å². The summed E-state index contributed by atoms with van der Waals surface area (Å²) in [6.07, 6.45) is 2.49. The SMILES string of the molecule is Cc1ccccc1C1NC(C)C(=O)N1CC1(C)CCCS1. The molecule has 0 radical (unpaired) electrons. The lowest BCUT2D eigenvalue weighted by molar-refractivity contribution is -0.130. The van der Waals surface area contributed by atoms with Gasteiger partial charge in [0.1, 0.15) is 6.17 Å². The number of aryl methyl sites for hydroxylation is 1. The van der Waals surface area contributed by atoms with Gasteiger partial charge in [-0.3, -0.25) is 10.1 Å². The first-order chi connectivity index (χ1) is 10.0. The van der Waals surface area contributed by atoms with Crippen molar-refractivity contribution in [3.63, 3.8) is 0 Å². The van der Waals surface area contributed by atoms with E-state index in [0.29, 0.717) is 0 Å². The summed E-state index contributed by atoms with van der Waals surface area (Å²) in [5, 5.41) is 3.47. The van der Waals surface area contributed by atoms with Crippen molar-refractivity contribution < 1.29 is 4.79 Å². The van der Waals surface area contributed by atoms with E-state index >= 15 is 0 Å². The van der Waals surface area contributed by atoms with Crippen molar-refractivity contribution in [2.24, 2.45) is 0 Å². The van der Waals surface area contributed by atoms with Gasteiger partial charge in [-0.25, -0.2) is 0 Å². The van der Waals surface area contributed by atoms with Gasteiger partial charge in [-0.2, -0.15) is 11.8 Å². The first-order valence-corrected chi connectivity index (χ1v) is 8.75. The Bertz CT molecular complexity index is 539. The van der Waals surface area contributed by atoms with Crippen LogP contribution in [0.15, 0.2) is 24.3 Å². The highest BCUT2D eigenvalue weighted by Crippen LogP contribution is 2.40. The first kappa shape index (κ1) is 14.9. The largest absolute Gasteiger partial charge is 0.320 e. The molecule has 0 aliphatic carbocycles. The van der Waals surface area contributed by atoms with E-state index in [1.54, 1.807) is 0 Å². The van der Waals surface area contributed by atoms with E-state index in [9.17, 15) is 4.79 Å². The van der Waals surface area contributed by atoms with Crippen LogP contribution in [0.25, 0.3) is 0 Å². The second-order valence-corrected chi connectivity index (χ2v) is 8.20. The molecule has 2 saturated heterocycles. The molecule has 2 heterocycles. The molecule has 0 bridgehead atoms. The van der Waals surface area contributed by atoms with Crippen molar-refractivity contribution in [3.05, 3.63) is 35.4 Å². The summed E-state index contributed by atoms with van der Waals surface area (Å²) in [6, 6.07) is 8.27. The maximum atomic E-state index is 12.6. The summed E-state index contributed by atoms with van der Waals surface area (Å²) in [5.74, 6) is 1.45. The molecule has 1 amide bonds. The fraction of sp³-hybridized carbons (Fsp3) is 0.588. The lowest BCUT2D eigenvalue weighted by Crippen LogP contribution is -2.41. The van der Waals surface area contributed by atoms with Gasteiger partial charge in [0.25, 0.3) is 0 Å². The fourth-order valence-electron chi connectivity index (χ4n) is 3.42. The number of rotatable bonds is 3. The van der Waals surface area contributed by atoms with E-state index in [2.05, 4.69) is 48.3 Å². The third kappa shape index (κ3) is 2.84. The predicted molar refractivity (Wildman–Crippen MR) is 88.3 cm³/mol. The van der Waals surface area contributed by atoms with Gasteiger partial charge in [0, 0.05) is 11.3 Å². The zero-order valence-corrected chi connectivity index (χ0v) is 13.9. The monoisotopic (exact) mass is 304 g/mol. The van der Waals surface area contributed by atoms with E-state index in [1.165, 1.54) is 29.7 Å². The Labute approximate surface area is 131 Å². The van der Waals surface area contributed by atoms with Gasteiger partial charge in [-0.1, -0.05) is 24.3 Å². The minimum atomic E-state index is -0.0930. The van der Waals surface area contributed by atoms with Crippen molar-refractivity contribution in [1.82, 2.24) is 10.2 Å². The zero-order chi connectivity index (χ0) is 15.0. The minimum absolute atomic E-state index is 0.0201. The average Bonchev–Trinajstić information content (AvgIpc) is 2.99. The number of thioether (sulfide) groups is 1. The molecular formula is C17H24N2OS. The quantitative estimate of drug-likeness (QED) is 0.931. The lowest BCUT2D eigenvalue weighted by Gasteiger charge is -2.33. The molecule has 0 spiro atoms. The molecule has 0 saturated carbocycles. The van der Waals surface area contributed by atoms with E-state index < -0.39 is 0 Å². The van der Waals surface area contributed by atoms with Crippen LogP contribution in [0.4, 0.5) is 0 Å². The first-order valence-electron chi connectivity index (χ1n) is 7.76. The number of hydrogen-bond acceptors (Lipinski definition) is 3. The Hall–Kier alpha value is -1.00. The van der Waals surface area contributed by atoms with Crippen molar-refractivity contribution in [2.75, 3.05) is 12.3 Å². The molecule has 3 unspecified atom stereocenters. The average molecular weight is 304 g/mol. The molecule has 1 aromatic rings. The number of nitrogens with one attached hydrogen (secondary N) is 1. The minimum Gasteiger partial charge on any atom is -0.320 e. The van der Waals surface area contributed by atoms with Gasteiger partial charge in [-0.15, -0.1) is 0 Å². The lowest BCUT2D eigenvalue weighted by atomic mass is 10.0. The van der Waals surface area contributed by atoms with Gasteiger partial charge in [0.15, 0.2) is 0 Å². The summed E-state index contributed by atoms with van der Waals surface area (Å²) >= 11 is 2.01. The molecule has 4 heteroatoms. The topological polar surface area (TPSA) is 32.3 Å². The molecule has 2 aliphatic rings. The molecule has 0 aromatic heterocycles. The van der Waals surface area contributed by atoms with Gasteiger partial charge in [-0.05, 0) is 50.5 Å². The van der Waals surface area contributed by atoms with E-state index in [4.69, 9.17) is 0 Å². The van der Waals surface area contributed by atoms with Gasteiger partial charge in [0.2, 0.25) is 5.91 Å². The smallest absolute Gasteiger partial charge is 0.241 e. The molecule has 2 fully saturated rings. The fourth-order valence-corrected chi connectivity index (χ4v) is 4.72. The molecule has 1 N–H and O–H groups in total. The predicted octanol–water partition coefficient (Wildman–Crippen LogP) is 3.10. The highest BCUT2D eigenvalue weighted by atomic mass is 32.2. The van der Waals surface area contributed by atoms with Crippen LogP contribution < -0.4 is 5.32 Å². The normalized spacial score (nSPS) is 32.9. The number of benzene rings is 1. The molecular weight excluding hydrogens is 280 g/mol. The summed E-state index contributed by atoms with van der Waals surface area (Å²) < 4.78 is 0.211. The van der Waals surface area contributed by atoms with Crippen LogP contribution in [0, 0.1) is 6.92 Å². The van der Waals surface area contributed by atoms with Crippen LogP contribution in [0.2, 0.25) is 0 Å². The summed E-state index contributed by atoms with van der Waals surface area (Å²) in [5.41, 5.74) is 2.47. The highest BCUT2D eigenvalue weighted by Gasteiger charge is 2.42. The van der Waals surface area contributed by atoms with Crippen LogP contribution in [0.1, 0.15) is 44.0 Å². The molecule has 1 aromatic carbocycles. The molecule has 3 atom stereocenters. The van der Waals surface area contributed by atoms with Crippen LogP contribution in [-0.2, 0) is 4.79 Å². The number of nitrogens with zero attached hydrogens (tertiary/aromatic N) is 1. The van der Waals surface area contributed by atoms with Gasteiger partial charge < -0.3 is 4.90 Å². The Morgan fingerprint density at radius 2 is 2.19 bits per heavy atom. The second-order valence-electron chi connectivity index (χ2n) is 6.52. The second kappa shape index (κ2) is 5.65. The molecule has 3 rings (SSSR count). The Balaban J connectivity index is 1.88. The van der Waals surface area contributed by atoms with Crippen LogP contribution in [-0.4, -0.2) is 33.9 Å². The Morgan fingerprint density at radius 1 is 1.43 bits per heavy atom. The Morgan fingerprint density at radius 3 is 2.86 bits per heavy atom. The van der Waals surface area contributed by atoms with Crippen LogP contribution in [0.5, 0.6) is 0 Å². The number of carbonyl (C=O) groups excluding carboxylic acids is 1. The number of carbonyl (C=O) groups is 1. The van der Waals surface area contributed by atoms with Crippen molar-refractivity contribution in [2.45, 2.75) is 50.6 Å². The molecule has 114 valence electrons. The third-order valence-electron chi connectivity index (χ3n) is 4.66. The maximum Gasteiger partial charge on any atom is 0.241 e. The standard InChI is InChI=1S/C17H24N2OS/c1-12-7-4-5-8-14(12)15-18-13(2)16(20)19(15)11-17(3)9-6-10-21-17/h4-5,7-8,13,15,18H,6,9-11H2,1-3H3. The van der Waals surface area contributed by atoms with Gasteiger partial charge >= 0.3 is 0 Å². The summed E-state index contributed by atoms with van der Waals surface area (Å²) in [6.45, 7) is 7.23. The van der Waals surface area contributed by atoms with Crippen LogP contribution >= 0.6 is 11.8 Å². The summed E-state index contributed by atoms with van der Waals surface area (Å²) in [7, 11) is 0. The summed E-state index contributed by atoms with van der Waals surface area (Å²) in [4.78, 5) is 14.6. The number of hydrogen-bond donors (Lipinski definition) is 1. The van der Waals surface area contributed by atoms with Crippen molar-refractivity contribution in [3.8, 4) is 0 Å². The van der Waals surface area contributed by atoms with E-state index in [-0.39, 0.29) is 22.9 Å². The van der Waals surface area contributed by atoms with E-state index in [0.717, 1.165) is 6.54 Å². The molecule has 3 nitrogen and oxygen atoms in total. The van der Waals surface area contributed by atoms with E-state index in [1.807, 2.05) is 18.7 Å². The number of amides is 1. The molecule has 2 aliphatic heterocycles. The van der Waals surface area contributed by atoms with Crippen molar-refractivity contribution in [1.29, 1.82) is 0 Å². The highest BCUT2D eigenvalue weighted by molar-refractivity contribution is 8.00. The van der Waals surface area contributed by atoms with Gasteiger partial charge in [0.05, 0.1) is 6.04 Å². The maximum absolute atomic E-state index is 12.6. The molecule has 21 heavy (non-hydrogen) atoms.